The predicted octanol–water partition coefficient (Wildman–Crippen LogP) is 1.25. The van der Waals surface area contributed by atoms with Crippen LogP contribution in [0.25, 0.3) is 0 Å². The van der Waals surface area contributed by atoms with Gasteiger partial charge >= 0.3 is 5.97 Å². The second kappa shape index (κ2) is 3.51. The van der Waals surface area contributed by atoms with Crippen molar-refractivity contribution in [3.8, 4) is 0 Å². The Morgan fingerprint density at radius 2 is 2.07 bits per heavy atom. The van der Waals surface area contributed by atoms with E-state index in [1.54, 1.807) is 0 Å². The van der Waals surface area contributed by atoms with Crippen LogP contribution in [0.15, 0.2) is 0 Å². The third-order valence-electron chi connectivity index (χ3n) is 3.29. The molecule has 2 rings (SSSR count). The van der Waals surface area contributed by atoms with Crippen molar-refractivity contribution in [1.82, 2.24) is 0 Å². The summed E-state index contributed by atoms with van der Waals surface area (Å²) in [6.07, 6.45) is 2.09. The summed E-state index contributed by atoms with van der Waals surface area (Å²) in [5.41, 5.74) is 0. The molecule has 0 radical (unpaired) electrons. The number of carboxylic acid groups (broad SMARTS) is 1. The molecular weight excluding hydrogens is 184 g/mol. The zero-order chi connectivity index (χ0) is 10.2. The van der Waals surface area contributed by atoms with E-state index in [2.05, 4.69) is 0 Å². The Hall–Kier alpha value is -0.610. The first kappa shape index (κ1) is 9.93. The van der Waals surface area contributed by atoms with Gasteiger partial charge in [-0.1, -0.05) is 6.92 Å². The zero-order valence-electron chi connectivity index (χ0n) is 8.36. The van der Waals surface area contributed by atoms with Crippen LogP contribution in [0.5, 0.6) is 0 Å². The normalized spacial score (nSPS) is 36.1. The lowest BCUT2D eigenvalue weighted by Crippen LogP contribution is -2.41. The molecule has 1 N–H and O–H groups in total. The van der Waals surface area contributed by atoms with Crippen molar-refractivity contribution < 1.29 is 19.4 Å². The summed E-state index contributed by atoms with van der Waals surface area (Å²) in [4.78, 5) is 10.9. The molecular formula is C10H16O4. The molecule has 2 fully saturated rings. The van der Waals surface area contributed by atoms with Gasteiger partial charge in [0.25, 0.3) is 0 Å². The summed E-state index contributed by atoms with van der Waals surface area (Å²) >= 11 is 0. The summed E-state index contributed by atoms with van der Waals surface area (Å²) < 4.78 is 11.1. The van der Waals surface area contributed by atoms with Crippen LogP contribution in [0.4, 0.5) is 0 Å². The molecule has 4 heteroatoms. The molecule has 1 saturated carbocycles. The summed E-state index contributed by atoms with van der Waals surface area (Å²) in [6.45, 7) is 3.25. The molecule has 0 aromatic rings. The van der Waals surface area contributed by atoms with Crippen molar-refractivity contribution in [3.05, 3.63) is 0 Å². The molecule has 1 saturated heterocycles. The lowest BCUT2D eigenvalue weighted by atomic mass is 9.77. The maximum atomic E-state index is 10.9. The Morgan fingerprint density at radius 3 is 2.57 bits per heavy atom. The topological polar surface area (TPSA) is 55.8 Å². The minimum Gasteiger partial charge on any atom is -0.481 e. The van der Waals surface area contributed by atoms with E-state index in [-0.39, 0.29) is 11.8 Å². The third-order valence-corrected chi connectivity index (χ3v) is 3.29. The second-order valence-electron chi connectivity index (χ2n) is 4.27. The molecule has 4 nitrogen and oxygen atoms in total. The summed E-state index contributed by atoms with van der Waals surface area (Å²) in [5, 5.41) is 8.96. The number of hydrogen-bond donors (Lipinski definition) is 1. The highest BCUT2D eigenvalue weighted by Gasteiger charge is 2.45. The van der Waals surface area contributed by atoms with Crippen molar-refractivity contribution >= 4 is 5.97 Å². The number of rotatable bonds is 1. The van der Waals surface area contributed by atoms with Crippen molar-refractivity contribution in [2.24, 2.45) is 11.8 Å². The van der Waals surface area contributed by atoms with Crippen molar-refractivity contribution in [3.63, 3.8) is 0 Å². The standard InChI is InChI=1S/C10H16O4/c1-7-6-10(13-4-5-14-10)3-2-8(7)9(11)12/h7-8H,2-6H2,1H3,(H,11,12). The van der Waals surface area contributed by atoms with Gasteiger partial charge in [0.15, 0.2) is 5.79 Å². The van der Waals surface area contributed by atoms with Crippen LogP contribution in [0.1, 0.15) is 26.2 Å². The van der Waals surface area contributed by atoms with E-state index in [1.807, 2.05) is 6.92 Å². The van der Waals surface area contributed by atoms with Crippen LogP contribution in [-0.4, -0.2) is 30.1 Å². The molecule has 1 aliphatic carbocycles. The first-order valence-electron chi connectivity index (χ1n) is 5.14. The molecule has 14 heavy (non-hydrogen) atoms. The predicted molar refractivity (Wildman–Crippen MR) is 48.8 cm³/mol. The molecule has 0 aromatic heterocycles. The smallest absolute Gasteiger partial charge is 0.306 e. The number of ether oxygens (including phenoxy) is 2. The van der Waals surface area contributed by atoms with Gasteiger partial charge in [0.05, 0.1) is 19.1 Å². The number of carboxylic acids is 1. The number of hydrogen-bond acceptors (Lipinski definition) is 3. The highest BCUT2D eigenvalue weighted by Crippen LogP contribution is 2.41. The van der Waals surface area contributed by atoms with Crippen LogP contribution in [0, 0.1) is 11.8 Å². The van der Waals surface area contributed by atoms with Gasteiger partial charge in [0, 0.05) is 12.8 Å². The van der Waals surface area contributed by atoms with E-state index in [1.165, 1.54) is 0 Å². The fraction of sp³-hybridized carbons (Fsp3) is 0.900. The zero-order valence-corrected chi connectivity index (χ0v) is 8.36. The molecule has 0 bridgehead atoms. The van der Waals surface area contributed by atoms with Crippen LogP contribution in [0.3, 0.4) is 0 Å². The Balaban J connectivity index is 2.02. The van der Waals surface area contributed by atoms with Crippen molar-refractivity contribution in [2.75, 3.05) is 13.2 Å². The Bertz CT molecular complexity index is 232. The van der Waals surface area contributed by atoms with Gasteiger partial charge in [-0.3, -0.25) is 4.79 Å². The molecule has 2 unspecified atom stereocenters. The van der Waals surface area contributed by atoms with E-state index in [9.17, 15) is 4.79 Å². The summed E-state index contributed by atoms with van der Waals surface area (Å²) in [6, 6.07) is 0. The maximum Gasteiger partial charge on any atom is 0.306 e. The average Bonchev–Trinajstić information content (AvgIpc) is 2.52. The largest absolute Gasteiger partial charge is 0.481 e. The van der Waals surface area contributed by atoms with Gasteiger partial charge in [-0.2, -0.15) is 0 Å². The van der Waals surface area contributed by atoms with Gasteiger partial charge in [0.2, 0.25) is 0 Å². The highest BCUT2D eigenvalue weighted by molar-refractivity contribution is 5.70. The number of carbonyl (C=O) groups is 1. The minimum absolute atomic E-state index is 0.138. The lowest BCUT2D eigenvalue weighted by Gasteiger charge is -2.37. The molecule has 0 amide bonds. The van der Waals surface area contributed by atoms with E-state index < -0.39 is 11.8 Å². The molecule has 2 atom stereocenters. The quantitative estimate of drug-likeness (QED) is 0.692. The Morgan fingerprint density at radius 1 is 1.43 bits per heavy atom. The van der Waals surface area contributed by atoms with Crippen molar-refractivity contribution in [2.45, 2.75) is 32.0 Å². The van der Waals surface area contributed by atoms with Gasteiger partial charge in [-0.25, -0.2) is 0 Å². The van der Waals surface area contributed by atoms with Crippen LogP contribution < -0.4 is 0 Å². The molecule has 1 aliphatic heterocycles. The minimum atomic E-state index is -0.689. The summed E-state index contributed by atoms with van der Waals surface area (Å²) in [5.74, 6) is -1.23. The molecule has 2 aliphatic rings. The van der Waals surface area contributed by atoms with Crippen LogP contribution in [0.2, 0.25) is 0 Å². The van der Waals surface area contributed by atoms with Gasteiger partial charge in [0.1, 0.15) is 0 Å². The summed E-state index contributed by atoms with van der Waals surface area (Å²) in [7, 11) is 0. The Kier molecular flexibility index (Phi) is 2.49. The maximum absolute atomic E-state index is 10.9. The van der Waals surface area contributed by atoms with Gasteiger partial charge in [-0.05, 0) is 12.3 Å². The Labute approximate surface area is 83.2 Å². The van der Waals surface area contributed by atoms with Crippen LogP contribution in [-0.2, 0) is 14.3 Å². The second-order valence-corrected chi connectivity index (χ2v) is 4.27. The molecule has 1 heterocycles. The molecule has 80 valence electrons. The van der Waals surface area contributed by atoms with E-state index in [4.69, 9.17) is 14.6 Å². The highest BCUT2D eigenvalue weighted by atomic mass is 16.7. The van der Waals surface area contributed by atoms with E-state index >= 15 is 0 Å². The first-order chi connectivity index (χ1) is 6.63. The lowest BCUT2D eigenvalue weighted by molar-refractivity contribution is -0.196. The van der Waals surface area contributed by atoms with Gasteiger partial charge in [-0.15, -0.1) is 0 Å². The van der Waals surface area contributed by atoms with E-state index in [0.29, 0.717) is 32.5 Å². The fourth-order valence-electron chi connectivity index (χ4n) is 2.52. The van der Waals surface area contributed by atoms with E-state index in [0.717, 1.165) is 0 Å². The first-order valence-corrected chi connectivity index (χ1v) is 5.14. The fourth-order valence-corrected chi connectivity index (χ4v) is 2.52. The van der Waals surface area contributed by atoms with Crippen molar-refractivity contribution in [1.29, 1.82) is 0 Å². The average molecular weight is 200 g/mol. The SMILES string of the molecule is CC1CC2(CCC1C(=O)O)OCCO2. The van der Waals surface area contributed by atoms with Crippen LogP contribution >= 0.6 is 0 Å². The van der Waals surface area contributed by atoms with Gasteiger partial charge < -0.3 is 14.6 Å². The molecule has 1 spiro atoms. The molecule has 0 aromatic carbocycles. The number of aliphatic carboxylic acids is 1. The third kappa shape index (κ3) is 1.64. The monoisotopic (exact) mass is 200 g/mol.